The minimum atomic E-state index is 0.256. The van der Waals surface area contributed by atoms with Gasteiger partial charge in [0.25, 0.3) is 0 Å². The summed E-state index contributed by atoms with van der Waals surface area (Å²) < 4.78 is 0. The number of hydrogen-bond acceptors (Lipinski definition) is 3. The lowest BCUT2D eigenvalue weighted by Crippen LogP contribution is -2.21. The van der Waals surface area contributed by atoms with Crippen molar-refractivity contribution in [3.05, 3.63) is 29.6 Å². The molecular weight excluding hydrogens is 248 g/mol. The number of hydrogen-bond donors (Lipinski definition) is 2. The van der Waals surface area contributed by atoms with E-state index in [2.05, 4.69) is 28.2 Å². The Bertz CT molecular complexity index is 500. The summed E-state index contributed by atoms with van der Waals surface area (Å²) in [4.78, 5) is 4.47. The van der Waals surface area contributed by atoms with E-state index in [0.717, 1.165) is 31.0 Å². The molecule has 2 fully saturated rings. The van der Waals surface area contributed by atoms with Crippen LogP contribution in [0.3, 0.4) is 0 Å². The highest BCUT2D eigenvalue weighted by Gasteiger charge is 2.39. The fourth-order valence-corrected chi connectivity index (χ4v) is 3.37. The van der Waals surface area contributed by atoms with Crippen molar-refractivity contribution in [2.75, 3.05) is 6.61 Å². The van der Waals surface area contributed by atoms with Crippen LogP contribution in [0.5, 0.6) is 0 Å². The lowest BCUT2D eigenvalue weighted by molar-refractivity contribution is 0.285. The molecule has 1 aromatic heterocycles. The highest BCUT2D eigenvalue weighted by Crippen LogP contribution is 2.39. The normalized spacial score (nSPS) is 27.4. The predicted molar refractivity (Wildman–Crippen MR) is 79.4 cm³/mol. The smallest absolute Gasteiger partial charge is 0.113 e. The van der Waals surface area contributed by atoms with Gasteiger partial charge in [-0.3, -0.25) is 0 Å². The maximum absolute atomic E-state index is 8.70. The summed E-state index contributed by atoms with van der Waals surface area (Å²) in [5.74, 6) is 6.86. The van der Waals surface area contributed by atoms with Crippen LogP contribution in [0.1, 0.15) is 55.7 Å². The van der Waals surface area contributed by atoms with E-state index in [4.69, 9.17) is 5.11 Å². The molecule has 0 aliphatic carbocycles. The summed E-state index contributed by atoms with van der Waals surface area (Å²) in [5, 5.41) is 12.4. The Kier molecular flexibility index (Phi) is 4.34. The Morgan fingerprint density at radius 1 is 1.30 bits per heavy atom. The van der Waals surface area contributed by atoms with Gasteiger partial charge in [-0.1, -0.05) is 12.0 Å². The van der Waals surface area contributed by atoms with Gasteiger partial charge in [0.05, 0.1) is 0 Å². The van der Waals surface area contributed by atoms with Crippen LogP contribution in [-0.2, 0) is 0 Å². The summed E-state index contributed by atoms with van der Waals surface area (Å²) in [6.07, 6.45) is 8.54. The Hall–Kier alpha value is -1.37. The number of pyridine rings is 1. The fourth-order valence-electron chi connectivity index (χ4n) is 3.37. The van der Waals surface area contributed by atoms with Crippen molar-refractivity contribution in [3.63, 3.8) is 0 Å². The maximum atomic E-state index is 8.70. The van der Waals surface area contributed by atoms with E-state index >= 15 is 0 Å². The number of aliphatic hydroxyl groups excluding tert-OH is 1. The second-order valence-electron chi connectivity index (χ2n) is 5.85. The number of aromatic nitrogens is 1. The van der Waals surface area contributed by atoms with Gasteiger partial charge in [-0.2, -0.15) is 0 Å². The fraction of sp³-hybridized carbons (Fsp3) is 0.588. The molecule has 3 rings (SSSR count). The van der Waals surface area contributed by atoms with Gasteiger partial charge in [0, 0.05) is 37.2 Å². The molecule has 3 heterocycles. The average molecular weight is 270 g/mol. The van der Waals surface area contributed by atoms with Crippen LogP contribution in [-0.4, -0.2) is 28.8 Å². The molecule has 2 bridgehead atoms. The van der Waals surface area contributed by atoms with Crippen LogP contribution in [0.2, 0.25) is 0 Å². The topological polar surface area (TPSA) is 45.1 Å². The molecule has 2 saturated heterocycles. The average Bonchev–Trinajstić information content (AvgIpc) is 3.10. The number of unbranched alkanes of at least 4 members (excludes halogenated alkanes) is 2. The van der Waals surface area contributed by atoms with E-state index < -0.39 is 0 Å². The molecule has 20 heavy (non-hydrogen) atoms. The van der Waals surface area contributed by atoms with Crippen LogP contribution in [0, 0.1) is 11.8 Å². The van der Waals surface area contributed by atoms with E-state index in [1.54, 1.807) is 0 Å². The zero-order valence-corrected chi connectivity index (χ0v) is 11.8. The van der Waals surface area contributed by atoms with Crippen molar-refractivity contribution in [2.45, 2.75) is 56.5 Å². The second kappa shape index (κ2) is 6.39. The zero-order chi connectivity index (χ0) is 13.8. The number of aliphatic hydroxyl groups is 1. The Morgan fingerprint density at radius 2 is 2.25 bits per heavy atom. The molecular formula is C17H22N2O. The minimum Gasteiger partial charge on any atom is -0.396 e. The van der Waals surface area contributed by atoms with Crippen LogP contribution in [0.15, 0.2) is 18.3 Å². The van der Waals surface area contributed by atoms with Gasteiger partial charge in [-0.05, 0) is 49.7 Å². The van der Waals surface area contributed by atoms with Gasteiger partial charge in [0.2, 0.25) is 0 Å². The van der Waals surface area contributed by atoms with Gasteiger partial charge in [-0.25, -0.2) is 4.98 Å². The summed E-state index contributed by atoms with van der Waals surface area (Å²) in [6, 6.07) is 5.63. The van der Waals surface area contributed by atoms with Crippen LogP contribution in [0.25, 0.3) is 0 Å². The van der Waals surface area contributed by atoms with Crippen molar-refractivity contribution in [3.8, 4) is 11.8 Å². The summed E-state index contributed by atoms with van der Waals surface area (Å²) in [5.41, 5.74) is 2.21. The third kappa shape index (κ3) is 3.03. The minimum absolute atomic E-state index is 0.256. The van der Waals surface area contributed by atoms with Crippen molar-refractivity contribution in [1.29, 1.82) is 0 Å². The first-order chi connectivity index (χ1) is 9.86. The number of nitrogens with zero attached hydrogens (tertiary/aromatic N) is 1. The molecule has 3 atom stereocenters. The second-order valence-corrected chi connectivity index (χ2v) is 5.85. The monoisotopic (exact) mass is 270 g/mol. The van der Waals surface area contributed by atoms with E-state index in [1.807, 2.05) is 12.3 Å². The molecule has 0 spiro atoms. The third-order valence-corrected chi connectivity index (χ3v) is 4.44. The van der Waals surface area contributed by atoms with E-state index in [0.29, 0.717) is 12.0 Å². The van der Waals surface area contributed by atoms with Gasteiger partial charge >= 0.3 is 0 Å². The Balaban J connectivity index is 1.57. The Labute approximate surface area is 120 Å². The SMILES string of the molecule is OCCCCC#Cc1ccc(C2CC3CCC2N3)cn1. The van der Waals surface area contributed by atoms with Gasteiger partial charge in [0.15, 0.2) is 0 Å². The number of nitrogens with one attached hydrogen (secondary N) is 1. The zero-order valence-electron chi connectivity index (χ0n) is 11.8. The van der Waals surface area contributed by atoms with Crippen LogP contribution in [0.4, 0.5) is 0 Å². The molecule has 2 aliphatic heterocycles. The Morgan fingerprint density at radius 3 is 2.90 bits per heavy atom. The molecule has 0 radical (unpaired) electrons. The molecule has 3 nitrogen and oxygen atoms in total. The summed E-state index contributed by atoms with van der Waals surface area (Å²) >= 11 is 0. The van der Waals surface area contributed by atoms with E-state index in [9.17, 15) is 0 Å². The molecule has 0 aromatic carbocycles. The van der Waals surface area contributed by atoms with Gasteiger partial charge in [-0.15, -0.1) is 0 Å². The first-order valence-electron chi connectivity index (χ1n) is 7.68. The predicted octanol–water partition coefficient (Wildman–Crippen LogP) is 2.20. The van der Waals surface area contributed by atoms with Gasteiger partial charge in [0.1, 0.15) is 5.69 Å². The molecule has 2 aliphatic rings. The third-order valence-electron chi connectivity index (χ3n) is 4.44. The highest BCUT2D eigenvalue weighted by molar-refractivity contribution is 5.31. The van der Waals surface area contributed by atoms with Crippen molar-refractivity contribution in [2.24, 2.45) is 0 Å². The number of rotatable bonds is 4. The van der Waals surface area contributed by atoms with Crippen LogP contribution < -0.4 is 5.32 Å². The first kappa shape index (κ1) is 13.6. The largest absolute Gasteiger partial charge is 0.396 e. The molecule has 2 N–H and O–H groups in total. The molecule has 0 saturated carbocycles. The molecule has 3 heteroatoms. The number of fused-ring (bicyclic) bond motifs is 2. The van der Waals surface area contributed by atoms with E-state index in [1.165, 1.54) is 24.8 Å². The lowest BCUT2D eigenvalue weighted by atomic mass is 9.84. The summed E-state index contributed by atoms with van der Waals surface area (Å²) in [6.45, 7) is 0.256. The van der Waals surface area contributed by atoms with Crippen molar-refractivity contribution in [1.82, 2.24) is 10.3 Å². The molecule has 3 unspecified atom stereocenters. The highest BCUT2D eigenvalue weighted by atomic mass is 16.2. The van der Waals surface area contributed by atoms with Gasteiger partial charge < -0.3 is 10.4 Å². The van der Waals surface area contributed by atoms with Crippen LogP contribution >= 0.6 is 0 Å². The molecule has 1 aromatic rings. The first-order valence-corrected chi connectivity index (χ1v) is 7.68. The molecule has 0 amide bonds. The maximum Gasteiger partial charge on any atom is 0.113 e. The summed E-state index contributed by atoms with van der Waals surface area (Å²) in [7, 11) is 0. The standard InChI is InChI=1S/C17H22N2O/c20-10-4-2-1-3-5-14-7-6-13(12-18-14)16-11-15-8-9-17(16)19-15/h6-7,12,15-17,19-20H,1-2,4,8-11H2. The molecule has 106 valence electrons. The lowest BCUT2D eigenvalue weighted by Gasteiger charge is -2.19. The van der Waals surface area contributed by atoms with Crippen molar-refractivity contribution < 1.29 is 5.11 Å². The quantitative estimate of drug-likeness (QED) is 0.651. The van der Waals surface area contributed by atoms with Crippen molar-refractivity contribution >= 4 is 0 Å². The van der Waals surface area contributed by atoms with E-state index in [-0.39, 0.29) is 6.61 Å².